The van der Waals surface area contributed by atoms with Crippen molar-refractivity contribution < 1.29 is 9.84 Å². The van der Waals surface area contributed by atoms with Crippen LogP contribution in [-0.4, -0.2) is 18.3 Å². The topological polar surface area (TPSA) is 29.5 Å². The zero-order valence-electron chi connectivity index (χ0n) is 11.0. The van der Waals surface area contributed by atoms with E-state index >= 15 is 0 Å². The van der Waals surface area contributed by atoms with E-state index in [2.05, 4.69) is 26.0 Å². The van der Waals surface area contributed by atoms with Crippen LogP contribution in [0.3, 0.4) is 0 Å². The van der Waals surface area contributed by atoms with E-state index in [1.807, 2.05) is 0 Å². The predicted molar refractivity (Wildman–Crippen MR) is 69.7 cm³/mol. The molecule has 2 nitrogen and oxygen atoms in total. The molecule has 0 radical (unpaired) electrons. The Morgan fingerprint density at radius 2 is 1.82 bits per heavy atom. The summed E-state index contributed by atoms with van der Waals surface area (Å²) in [5.74, 6) is 1.25. The van der Waals surface area contributed by atoms with Crippen molar-refractivity contribution in [3.05, 3.63) is 28.8 Å². The first-order chi connectivity index (χ1) is 8.13. The van der Waals surface area contributed by atoms with Gasteiger partial charge >= 0.3 is 0 Å². The van der Waals surface area contributed by atoms with E-state index in [-0.39, 0.29) is 6.10 Å². The standard InChI is InChI=1S/C15H22O2/c1-10-9-15(17-3)11(2)8-13(10)12-6-4-5-7-14(12)16/h8-9,12,14,16H,4-7H2,1-3H3. The second-order valence-electron chi connectivity index (χ2n) is 5.14. The molecule has 1 aromatic carbocycles. The Morgan fingerprint density at radius 3 is 2.47 bits per heavy atom. The molecule has 0 amide bonds. The number of hydrogen-bond acceptors (Lipinski definition) is 2. The van der Waals surface area contributed by atoms with Gasteiger partial charge in [0, 0.05) is 5.92 Å². The molecule has 0 heterocycles. The highest BCUT2D eigenvalue weighted by molar-refractivity contribution is 5.43. The average molecular weight is 234 g/mol. The summed E-state index contributed by atoms with van der Waals surface area (Å²) in [6.45, 7) is 4.18. The highest BCUT2D eigenvalue weighted by Crippen LogP contribution is 2.36. The Labute approximate surface area is 104 Å². The third kappa shape index (κ3) is 2.47. The van der Waals surface area contributed by atoms with Gasteiger partial charge in [-0.05, 0) is 49.4 Å². The quantitative estimate of drug-likeness (QED) is 0.850. The van der Waals surface area contributed by atoms with Crippen molar-refractivity contribution in [2.45, 2.75) is 51.6 Å². The minimum atomic E-state index is -0.171. The molecule has 0 bridgehead atoms. The van der Waals surface area contributed by atoms with Gasteiger partial charge in [-0.3, -0.25) is 0 Å². The first-order valence-corrected chi connectivity index (χ1v) is 6.46. The van der Waals surface area contributed by atoms with E-state index in [9.17, 15) is 5.11 Å². The highest BCUT2D eigenvalue weighted by atomic mass is 16.5. The molecule has 0 spiro atoms. The van der Waals surface area contributed by atoms with Gasteiger partial charge in [-0.25, -0.2) is 0 Å². The molecule has 1 fully saturated rings. The van der Waals surface area contributed by atoms with Crippen LogP contribution >= 0.6 is 0 Å². The molecule has 1 N–H and O–H groups in total. The molecule has 0 aliphatic heterocycles. The molecule has 0 saturated heterocycles. The van der Waals surface area contributed by atoms with Crippen molar-refractivity contribution in [3.63, 3.8) is 0 Å². The van der Waals surface area contributed by atoms with E-state index < -0.39 is 0 Å². The van der Waals surface area contributed by atoms with Gasteiger partial charge in [-0.15, -0.1) is 0 Å². The van der Waals surface area contributed by atoms with E-state index in [4.69, 9.17) is 4.74 Å². The number of aliphatic hydroxyl groups excluding tert-OH is 1. The summed E-state index contributed by atoms with van der Waals surface area (Å²) in [5.41, 5.74) is 3.69. The van der Waals surface area contributed by atoms with Crippen LogP contribution < -0.4 is 4.74 Å². The molecule has 1 aliphatic rings. The van der Waals surface area contributed by atoms with Gasteiger partial charge in [0.25, 0.3) is 0 Å². The second-order valence-corrected chi connectivity index (χ2v) is 5.14. The largest absolute Gasteiger partial charge is 0.496 e. The first-order valence-electron chi connectivity index (χ1n) is 6.46. The van der Waals surface area contributed by atoms with Crippen LogP contribution in [0.25, 0.3) is 0 Å². The van der Waals surface area contributed by atoms with Crippen molar-refractivity contribution in [2.24, 2.45) is 0 Å². The van der Waals surface area contributed by atoms with Crippen LogP contribution in [0.4, 0.5) is 0 Å². The number of benzene rings is 1. The molecule has 2 atom stereocenters. The van der Waals surface area contributed by atoms with Gasteiger partial charge in [0.1, 0.15) is 5.75 Å². The Hall–Kier alpha value is -1.02. The smallest absolute Gasteiger partial charge is 0.122 e. The molecule has 0 aromatic heterocycles. The van der Waals surface area contributed by atoms with Crippen LogP contribution in [0.1, 0.15) is 48.3 Å². The monoisotopic (exact) mass is 234 g/mol. The van der Waals surface area contributed by atoms with Gasteiger partial charge in [0.15, 0.2) is 0 Å². The Morgan fingerprint density at radius 1 is 1.12 bits per heavy atom. The summed E-state index contributed by atoms with van der Waals surface area (Å²) in [6, 6.07) is 4.28. The Kier molecular flexibility index (Phi) is 3.72. The summed E-state index contributed by atoms with van der Waals surface area (Å²) in [6.07, 6.45) is 4.26. The molecule has 1 saturated carbocycles. The highest BCUT2D eigenvalue weighted by Gasteiger charge is 2.26. The summed E-state index contributed by atoms with van der Waals surface area (Å²) >= 11 is 0. The van der Waals surface area contributed by atoms with E-state index in [1.54, 1.807) is 7.11 Å². The van der Waals surface area contributed by atoms with Crippen molar-refractivity contribution in [1.82, 2.24) is 0 Å². The number of ether oxygens (including phenoxy) is 1. The fourth-order valence-corrected chi connectivity index (χ4v) is 2.91. The lowest BCUT2D eigenvalue weighted by atomic mass is 9.79. The maximum absolute atomic E-state index is 10.1. The lowest BCUT2D eigenvalue weighted by Crippen LogP contribution is -2.23. The van der Waals surface area contributed by atoms with Crippen LogP contribution in [0, 0.1) is 13.8 Å². The fourth-order valence-electron chi connectivity index (χ4n) is 2.91. The van der Waals surface area contributed by atoms with Crippen molar-refractivity contribution in [3.8, 4) is 5.75 Å². The van der Waals surface area contributed by atoms with Crippen LogP contribution in [0.5, 0.6) is 5.75 Å². The fraction of sp³-hybridized carbons (Fsp3) is 0.600. The van der Waals surface area contributed by atoms with E-state index in [1.165, 1.54) is 17.5 Å². The minimum absolute atomic E-state index is 0.171. The molecule has 94 valence electrons. The maximum Gasteiger partial charge on any atom is 0.122 e. The number of rotatable bonds is 2. The summed E-state index contributed by atoms with van der Waals surface area (Å²) in [5, 5.41) is 10.1. The van der Waals surface area contributed by atoms with E-state index in [0.717, 1.165) is 30.6 Å². The molecular weight excluding hydrogens is 212 g/mol. The minimum Gasteiger partial charge on any atom is -0.496 e. The molecule has 2 rings (SSSR count). The normalized spacial score (nSPS) is 24.7. The van der Waals surface area contributed by atoms with Crippen LogP contribution in [-0.2, 0) is 0 Å². The zero-order chi connectivity index (χ0) is 12.4. The summed E-state index contributed by atoms with van der Waals surface area (Å²) < 4.78 is 5.33. The maximum atomic E-state index is 10.1. The third-order valence-corrected chi connectivity index (χ3v) is 3.91. The number of aliphatic hydroxyl groups is 1. The SMILES string of the molecule is COc1cc(C)c(C2CCCCC2O)cc1C. The number of hydrogen-bond donors (Lipinski definition) is 1. The third-order valence-electron chi connectivity index (χ3n) is 3.91. The molecular formula is C15H22O2. The molecule has 2 heteroatoms. The lowest BCUT2D eigenvalue weighted by Gasteiger charge is -2.29. The molecule has 1 aromatic rings. The van der Waals surface area contributed by atoms with Gasteiger partial charge in [0.05, 0.1) is 13.2 Å². The average Bonchev–Trinajstić information content (AvgIpc) is 2.32. The Balaban J connectivity index is 2.34. The molecule has 2 unspecified atom stereocenters. The van der Waals surface area contributed by atoms with Crippen LogP contribution in [0.15, 0.2) is 12.1 Å². The van der Waals surface area contributed by atoms with Gasteiger partial charge < -0.3 is 9.84 Å². The second kappa shape index (κ2) is 5.09. The van der Waals surface area contributed by atoms with Gasteiger partial charge in [0.2, 0.25) is 0 Å². The predicted octanol–water partition coefficient (Wildman–Crippen LogP) is 3.33. The van der Waals surface area contributed by atoms with Gasteiger partial charge in [-0.2, -0.15) is 0 Å². The molecule has 1 aliphatic carbocycles. The number of aryl methyl sites for hydroxylation is 2. The van der Waals surface area contributed by atoms with Crippen molar-refractivity contribution >= 4 is 0 Å². The number of methoxy groups -OCH3 is 1. The van der Waals surface area contributed by atoms with Crippen molar-refractivity contribution in [2.75, 3.05) is 7.11 Å². The molecule has 17 heavy (non-hydrogen) atoms. The summed E-state index contributed by atoms with van der Waals surface area (Å²) in [4.78, 5) is 0. The Bertz CT molecular complexity index is 398. The first kappa shape index (κ1) is 12.4. The van der Waals surface area contributed by atoms with E-state index in [0.29, 0.717) is 5.92 Å². The van der Waals surface area contributed by atoms with Crippen LogP contribution in [0.2, 0.25) is 0 Å². The van der Waals surface area contributed by atoms with Gasteiger partial charge in [-0.1, -0.05) is 18.9 Å². The lowest BCUT2D eigenvalue weighted by molar-refractivity contribution is 0.106. The summed E-state index contributed by atoms with van der Waals surface area (Å²) in [7, 11) is 1.71. The zero-order valence-corrected chi connectivity index (χ0v) is 11.0. The van der Waals surface area contributed by atoms with Crippen molar-refractivity contribution in [1.29, 1.82) is 0 Å².